The predicted octanol–water partition coefficient (Wildman–Crippen LogP) is 7.06. The lowest BCUT2D eigenvalue weighted by Crippen LogP contribution is -2.09. The minimum Gasteiger partial charge on any atom is -0.0876 e. The van der Waals surface area contributed by atoms with E-state index >= 15 is 0 Å². The van der Waals surface area contributed by atoms with Gasteiger partial charge in [-0.15, -0.1) is 0 Å². The molecule has 0 atom stereocenters. The monoisotopic (exact) mass is 630 g/mol. The van der Waals surface area contributed by atoms with Gasteiger partial charge < -0.3 is 0 Å². The van der Waals surface area contributed by atoms with Crippen LogP contribution in [0.15, 0.2) is 0 Å². The Morgan fingerprint density at radius 3 is 0.500 bits per heavy atom. The second-order valence-corrected chi connectivity index (χ2v) is 7.04. The fourth-order valence-electron chi connectivity index (χ4n) is 2.06. The topological polar surface area (TPSA) is 0 Å². The van der Waals surface area contributed by atoms with Crippen molar-refractivity contribution < 1.29 is 0 Å². The van der Waals surface area contributed by atoms with Crippen LogP contribution < -0.4 is 0 Å². The van der Waals surface area contributed by atoms with E-state index in [1.165, 1.54) is 33.4 Å². The van der Waals surface area contributed by atoms with Crippen LogP contribution in [0.5, 0.6) is 0 Å². The first kappa shape index (κ1) is 18.1. The number of halogens is 6. The first-order chi connectivity index (χ1) is 8.69. The van der Waals surface area contributed by atoms with Crippen molar-refractivity contribution in [3.63, 3.8) is 0 Å². The van der Waals surface area contributed by atoms with Gasteiger partial charge in [0.15, 0.2) is 0 Å². The molecule has 0 spiro atoms. The molecule has 0 aliphatic rings. The van der Waals surface area contributed by atoms with Crippen LogP contribution >= 0.6 is 95.6 Å². The van der Waals surface area contributed by atoms with Gasteiger partial charge in [0.25, 0.3) is 0 Å². The maximum Gasteiger partial charge on any atom is 0.0289 e. The van der Waals surface area contributed by atoms with Crippen LogP contribution in [-0.2, 0) is 32.0 Å². The van der Waals surface area contributed by atoms with Gasteiger partial charge in [0, 0.05) is 32.0 Å². The third kappa shape index (κ3) is 3.65. The van der Waals surface area contributed by atoms with E-state index in [1.54, 1.807) is 0 Å². The van der Waals surface area contributed by atoms with E-state index in [2.05, 4.69) is 95.6 Å². The fourth-order valence-corrected chi connectivity index (χ4v) is 6.12. The van der Waals surface area contributed by atoms with Crippen molar-refractivity contribution in [3.8, 4) is 0 Å². The number of hydrogen-bond acceptors (Lipinski definition) is 0. The summed E-state index contributed by atoms with van der Waals surface area (Å²) in [4.78, 5) is 0. The summed E-state index contributed by atoms with van der Waals surface area (Å²) in [5, 5.41) is 5.32. The molecule has 0 saturated heterocycles. The summed E-state index contributed by atoms with van der Waals surface area (Å²) in [7, 11) is 0. The molecule has 1 aromatic carbocycles. The molecule has 0 unspecified atom stereocenters. The molecule has 18 heavy (non-hydrogen) atoms. The van der Waals surface area contributed by atoms with E-state index in [-0.39, 0.29) is 0 Å². The maximum absolute atomic E-state index is 3.63. The number of rotatable bonds is 6. The second kappa shape index (κ2) is 9.19. The molecule has 0 aliphatic heterocycles. The molecule has 1 aromatic rings. The average Bonchev–Trinajstić information content (AvgIpc) is 2.43. The van der Waals surface area contributed by atoms with Gasteiger partial charge in [-0.25, -0.2) is 0 Å². The zero-order chi connectivity index (χ0) is 13.7. The van der Waals surface area contributed by atoms with Crippen molar-refractivity contribution in [2.75, 3.05) is 0 Å². The van der Waals surface area contributed by atoms with Crippen molar-refractivity contribution >= 4 is 95.6 Å². The van der Waals surface area contributed by atoms with Crippen molar-refractivity contribution in [3.05, 3.63) is 33.4 Å². The molecular formula is C12H12Br6. The van der Waals surface area contributed by atoms with Gasteiger partial charge in [0.05, 0.1) is 0 Å². The summed E-state index contributed by atoms with van der Waals surface area (Å²) in [6.07, 6.45) is 0. The van der Waals surface area contributed by atoms with Gasteiger partial charge >= 0.3 is 0 Å². The molecule has 0 nitrogen and oxygen atoms in total. The van der Waals surface area contributed by atoms with E-state index in [4.69, 9.17) is 0 Å². The molecule has 1 rings (SSSR count). The van der Waals surface area contributed by atoms with Gasteiger partial charge in [-0.05, 0) is 33.4 Å². The minimum atomic E-state index is 0.886. The Hall–Kier alpha value is 2.10. The fraction of sp³-hybridized carbons (Fsp3) is 0.500. The third-order valence-electron chi connectivity index (χ3n) is 2.99. The lowest BCUT2D eigenvalue weighted by atomic mass is 9.90. The van der Waals surface area contributed by atoms with E-state index in [9.17, 15) is 0 Å². The van der Waals surface area contributed by atoms with E-state index < -0.39 is 0 Å². The molecule has 0 saturated carbocycles. The molecule has 0 radical (unpaired) electrons. The highest BCUT2D eigenvalue weighted by Gasteiger charge is 2.20. The van der Waals surface area contributed by atoms with Gasteiger partial charge in [0.1, 0.15) is 0 Å². The molecule has 0 aliphatic carbocycles. The Labute approximate surface area is 159 Å². The van der Waals surface area contributed by atoms with Gasteiger partial charge in [-0.1, -0.05) is 95.6 Å². The Balaban J connectivity index is 3.71. The highest BCUT2D eigenvalue weighted by Crippen LogP contribution is 2.36. The Morgan fingerprint density at radius 2 is 0.444 bits per heavy atom. The number of benzene rings is 1. The summed E-state index contributed by atoms with van der Waals surface area (Å²) >= 11 is 21.8. The normalized spacial score (nSPS) is 11.0. The summed E-state index contributed by atoms with van der Waals surface area (Å²) in [5.41, 5.74) is 8.40. The largest absolute Gasteiger partial charge is 0.0876 e. The zero-order valence-electron chi connectivity index (χ0n) is 9.51. The van der Waals surface area contributed by atoms with Gasteiger partial charge in [0.2, 0.25) is 0 Å². The minimum absolute atomic E-state index is 0.886. The first-order valence-corrected chi connectivity index (χ1v) is 12.0. The molecular weight excluding hydrogens is 624 g/mol. The summed E-state index contributed by atoms with van der Waals surface area (Å²) in [5.74, 6) is 0. The second-order valence-electron chi connectivity index (χ2n) is 3.67. The standard InChI is InChI=1S/C12H12Br6/c13-1-7-8(2-14)10(4-16)12(6-18)11(5-17)9(7)3-15/h1-6H2. The quantitative estimate of drug-likeness (QED) is 0.294. The van der Waals surface area contributed by atoms with Crippen LogP contribution in [0, 0.1) is 0 Å². The smallest absolute Gasteiger partial charge is 0.0289 e. The van der Waals surface area contributed by atoms with Crippen LogP contribution in [0.4, 0.5) is 0 Å². The predicted molar refractivity (Wildman–Crippen MR) is 102 cm³/mol. The Bertz CT molecular complexity index is 295. The Kier molecular flexibility index (Phi) is 9.26. The Morgan fingerprint density at radius 1 is 0.333 bits per heavy atom. The zero-order valence-corrected chi connectivity index (χ0v) is 19.0. The lowest BCUT2D eigenvalue weighted by Gasteiger charge is -2.22. The molecule has 6 heteroatoms. The van der Waals surface area contributed by atoms with Crippen molar-refractivity contribution in [1.82, 2.24) is 0 Å². The summed E-state index contributed by atoms with van der Waals surface area (Å²) in [6.45, 7) is 0. The lowest BCUT2D eigenvalue weighted by molar-refractivity contribution is 1.09. The van der Waals surface area contributed by atoms with Gasteiger partial charge in [-0.2, -0.15) is 0 Å². The van der Waals surface area contributed by atoms with E-state index in [0.29, 0.717) is 0 Å². The molecule has 0 fully saturated rings. The van der Waals surface area contributed by atoms with E-state index in [1.807, 2.05) is 0 Å². The maximum atomic E-state index is 3.63. The molecule has 0 amide bonds. The van der Waals surface area contributed by atoms with Crippen molar-refractivity contribution in [2.24, 2.45) is 0 Å². The van der Waals surface area contributed by atoms with Crippen LogP contribution in [0.25, 0.3) is 0 Å². The SMILES string of the molecule is BrCc1c(CBr)c(CBr)c(CBr)c(CBr)c1CBr. The van der Waals surface area contributed by atoms with Crippen molar-refractivity contribution in [1.29, 1.82) is 0 Å². The van der Waals surface area contributed by atoms with Crippen LogP contribution in [0.2, 0.25) is 0 Å². The van der Waals surface area contributed by atoms with Crippen LogP contribution in [0.1, 0.15) is 33.4 Å². The summed E-state index contributed by atoms with van der Waals surface area (Å²) in [6, 6.07) is 0. The molecule has 0 N–H and O–H groups in total. The first-order valence-electron chi connectivity index (χ1n) is 5.22. The van der Waals surface area contributed by atoms with E-state index in [0.717, 1.165) is 32.0 Å². The van der Waals surface area contributed by atoms with Crippen LogP contribution in [0.3, 0.4) is 0 Å². The molecule has 0 bridgehead atoms. The highest BCUT2D eigenvalue weighted by molar-refractivity contribution is 9.09. The van der Waals surface area contributed by atoms with Gasteiger partial charge in [-0.3, -0.25) is 0 Å². The number of hydrogen-bond donors (Lipinski definition) is 0. The molecule has 0 aromatic heterocycles. The third-order valence-corrected chi connectivity index (χ3v) is 6.35. The summed E-state index contributed by atoms with van der Waals surface area (Å²) < 4.78 is 0. The van der Waals surface area contributed by atoms with Crippen molar-refractivity contribution in [2.45, 2.75) is 32.0 Å². The number of alkyl halides is 6. The average molecular weight is 636 g/mol. The van der Waals surface area contributed by atoms with Crippen LogP contribution in [-0.4, -0.2) is 0 Å². The molecule has 0 heterocycles. The molecule has 102 valence electrons. The highest BCUT2D eigenvalue weighted by atomic mass is 79.9.